The van der Waals surface area contributed by atoms with Gasteiger partial charge in [0, 0.05) is 12.7 Å². The van der Waals surface area contributed by atoms with E-state index < -0.39 is 15.9 Å². The minimum Gasteiger partial charge on any atom is -0.268 e. The Morgan fingerprint density at radius 2 is 2.05 bits per heavy atom. The van der Waals surface area contributed by atoms with Gasteiger partial charge in [-0.25, -0.2) is 9.29 Å². The lowest BCUT2D eigenvalue weighted by molar-refractivity contribution is 0.0830. The van der Waals surface area contributed by atoms with E-state index in [1.807, 2.05) is 0 Å². The second kappa shape index (κ2) is 4.73. The highest BCUT2D eigenvalue weighted by Crippen LogP contribution is 2.42. The number of hydrogen-bond acceptors (Lipinski definition) is 5. The molecule has 1 fully saturated rings. The van der Waals surface area contributed by atoms with E-state index >= 15 is 0 Å². The predicted molar refractivity (Wildman–Crippen MR) is 77.2 cm³/mol. The molecule has 1 aliphatic carbocycles. The highest BCUT2D eigenvalue weighted by molar-refractivity contribution is 7.90. The number of rotatable bonds is 3. The van der Waals surface area contributed by atoms with Crippen LogP contribution in [0, 0.1) is 5.41 Å². The van der Waals surface area contributed by atoms with Crippen molar-refractivity contribution in [2.45, 2.75) is 30.7 Å². The third-order valence-corrected chi connectivity index (χ3v) is 6.60. The van der Waals surface area contributed by atoms with E-state index in [2.05, 4.69) is 17.6 Å². The van der Waals surface area contributed by atoms with Gasteiger partial charge in [-0.3, -0.25) is 4.79 Å². The minimum absolute atomic E-state index is 0.114. The fraction of sp³-hybridized carbons (Fsp3) is 0.538. The number of fused-ring (bicyclic) bond motifs is 1. The average molecular weight is 312 g/mol. The van der Waals surface area contributed by atoms with Crippen LogP contribution < -0.4 is 0 Å². The van der Waals surface area contributed by atoms with Crippen LogP contribution in [0.25, 0.3) is 0 Å². The normalized spacial score (nSPS) is 23.1. The second-order valence-electron chi connectivity index (χ2n) is 5.54. The molecule has 0 atom stereocenters. The van der Waals surface area contributed by atoms with Gasteiger partial charge in [0.1, 0.15) is 0 Å². The molecule has 3 rings (SSSR count). The van der Waals surface area contributed by atoms with Gasteiger partial charge >= 0.3 is 0 Å². The van der Waals surface area contributed by atoms with E-state index in [0.717, 1.165) is 30.0 Å². The standard InChI is InChI=1S/C13H16N2O3S2/c16-12-10-4-3-7-14-11(10)20(17,18)15(12)8-13(9-19)5-1-2-6-13/h3-4,7,19H,1-2,5-6,8-9H2. The zero-order chi connectivity index (χ0) is 14.4. The van der Waals surface area contributed by atoms with Crippen LogP contribution in [0.2, 0.25) is 0 Å². The molecule has 1 amide bonds. The molecule has 0 spiro atoms. The Balaban J connectivity index is 1.98. The Labute approximate surface area is 123 Å². The van der Waals surface area contributed by atoms with E-state index in [4.69, 9.17) is 0 Å². The maximum Gasteiger partial charge on any atom is 0.285 e. The monoisotopic (exact) mass is 312 g/mol. The van der Waals surface area contributed by atoms with E-state index in [1.54, 1.807) is 6.07 Å². The third kappa shape index (κ3) is 1.95. The zero-order valence-corrected chi connectivity index (χ0v) is 12.7. The Morgan fingerprint density at radius 3 is 2.65 bits per heavy atom. The quantitative estimate of drug-likeness (QED) is 0.863. The van der Waals surface area contributed by atoms with Crippen LogP contribution in [0.15, 0.2) is 23.4 Å². The number of hydrogen-bond donors (Lipinski definition) is 1. The van der Waals surface area contributed by atoms with Crippen molar-refractivity contribution < 1.29 is 13.2 Å². The first-order chi connectivity index (χ1) is 9.50. The van der Waals surface area contributed by atoms with Crippen molar-refractivity contribution in [3.63, 3.8) is 0 Å². The van der Waals surface area contributed by atoms with Gasteiger partial charge in [0.05, 0.1) is 5.56 Å². The van der Waals surface area contributed by atoms with Crippen LogP contribution in [0.5, 0.6) is 0 Å². The van der Waals surface area contributed by atoms with Crippen molar-refractivity contribution >= 4 is 28.6 Å². The molecule has 108 valence electrons. The fourth-order valence-corrected chi connectivity index (χ4v) is 5.07. The van der Waals surface area contributed by atoms with Gasteiger partial charge in [0.25, 0.3) is 15.9 Å². The zero-order valence-electron chi connectivity index (χ0n) is 10.9. The highest BCUT2D eigenvalue weighted by atomic mass is 32.2. The molecule has 1 saturated carbocycles. The van der Waals surface area contributed by atoms with Crippen molar-refractivity contribution in [2.75, 3.05) is 12.3 Å². The van der Waals surface area contributed by atoms with E-state index in [0.29, 0.717) is 5.75 Å². The van der Waals surface area contributed by atoms with Crippen molar-refractivity contribution in [3.05, 3.63) is 23.9 Å². The number of amides is 1. The maximum atomic E-state index is 12.5. The van der Waals surface area contributed by atoms with Crippen molar-refractivity contribution in [1.82, 2.24) is 9.29 Å². The van der Waals surface area contributed by atoms with Crippen LogP contribution in [0.1, 0.15) is 36.0 Å². The first kappa shape index (κ1) is 13.9. The van der Waals surface area contributed by atoms with Gasteiger partial charge in [-0.2, -0.15) is 21.0 Å². The molecule has 0 saturated heterocycles. The molecular formula is C13H16N2O3S2. The Morgan fingerprint density at radius 1 is 1.35 bits per heavy atom. The fourth-order valence-electron chi connectivity index (χ4n) is 3.06. The van der Waals surface area contributed by atoms with Crippen molar-refractivity contribution in [2.24, 2.45) is 5.41 Å². The summed E-state index contributed by atoms with van der Waals surface area (Å²) < 4.78 is 25.9. The summed E-state index contributed by atoms with van der Waals surface area (Å²) in [5, 5.41) is -0.114. The third-order valence-electron chi connectivity index (χ3n) is 4.24. The van der Waals surface area contributed by atoms with Gasteiger partial charge in [-0.05, 0) is 36.1 Å². The number of aromatic nitrogens is 1. The molecule has 7 heteroatoms. The number of pyridine rings is 1. The number of nitrogens with zero attached hydrogens (tertiary/aromatic N) is 2. The molecule has 1 aromatic rings. The Kier molecular flexibility index (Phi) is 3.29. The van der Waals surface area contributed by atoms with Gasteiger partial charge in [-0.1, -0.05) is 12.8 Å². The molecular weight excluding hydrogens is 296 g/mol. The van der Waals surface area contributed by atoms with Crippen LogP contribution in [0.3, 0.4) is 0 Å². The summed E-state index contributed by atoms with van der Waals surface area (Å²) in [5.74, 6) is 0.136. The summed E-state index contributed by atoms with van der Waals surface area (Å²) in [6, 6.07) is 3.10. The summed E-state index contributed by atoms with van der Waals surface area (Å²) in [6.45, 7) is 0.216. The molecule has 0 radical (unpaired) electrons. The van der Waals surface area contributed by atoms with E-state index in [-0.39, 0.29) is 22.5 Å². The van der Waals surface area contributed by atoms with Crippen LogP contribution in [-0.2, 0) is 10.0 Å². The number of carbonyl (C=O) groups is 1. The number of carbonyl (C=O) groups excluding carboxylic acids is 1. The van der Waals surface area contributed by atoms with Crippen LogP contribution in [-0.4, -0.2) is 35.9 Å². The van der Waals surface area contributed by atoms with Crippen LogP contribution >= 0.6 is 12.6 Å². The topological polar surface area (TPSA) is 67.3 Å². The Bertz CT molecular complexity index is 651. The summed E-state index contributed by atoms with van der Waals surface area (Å²) in [5.41, 5.74) is -0.00624. The first-order valence-corrected chi connectivity index (χ1v) is 8.70. The van der Waals surface area contributed by atoms with Gasteiger partial charge in [0.15, 0.2) is 5.03 Å². The van der Waals surface area contributed by atoms with E-state index in [1.165, 1.54) is 12.3 Å². The number of sulfonamides is 1. The van der Waals surface area contributed by atoms with Crippen LogP contribution in [0.4, 0.5) is 0 Å². The van der Waals surface area contributed by atoms with Gasteiger partial charge in [0.2, 0.25) is 0 Å². The minimum atomic E-state index is -3.79. The maximum absolute atomic E-state index is 12.5. The van der Waals surface area contributed by atoms with Gasteiger partial charge < -0.3 is 0 Å². The first-order valence-electron chi connectivity index (χ1n) is 6.63. The van der Waals surface area contributed by atoms with Crippen molar-refractivity contribution in [3.8, 4) is 0 Å². The largest absolute Gasteiger partial charge is 0.285 e. The molecule has 0 unspecified atom stereocenters. The van der Waals surface area contributed by atoms with E-state index in [9.17, 15) is 13.2 Å². The predicted octanol–water partition coefficient (Wildman–Crippen LogP) is 1.72. The summed E-state index contributed by atoms with van der Waals surface area (Å²) in [4.78, 5) is 16.2. The van der Waals surface area contributed by atoms with Crippen molar-refractivity contribution in [1.29, 1.82) is 0 Å². The highest BCUT2D eigenvalue weighted by Gasteiger charge is 2.46. The molecule has 0 aromatic carbocycles. The SMILES string of the molecule is O=C1c2cccnc2S(=O)(=O)N1CC1(CS)CCCC1. The summed E-state index contributed by atoms with van der Waals surface area (Å²) in [7, 11) is -3.79. The molecule has 5 nitrogen and oxygen atoms in total. The lowest BCUT2D eigenvalue weighted by Crippen LogP contribution is -2.41. The molecule has 2 aliphatic rings. The second-order valence-corrected chi connectivity index (χ2v) is 7.63. The smallest absolute Gasteiger partial charge is 0.268 e. The Hall–Kier alpha value is -1.08. The lowest BCUT2D eigenvalue weighted by atomic mass is 9.88. The molecule has 2 heterocycles. The molecule has 1 aliphatic heterocycles. The number of thiol groups is 1. The molecule has 1 aromatic heterocycles. The van der Waals surface area contributed by atoms with Gasteiger partial charge in [-0.15, -0.1) is 0 Å². The average Bonchev–Trinajstić information content (AvgIpc) is 2.99. The molecule has 0 bridgehead atoms. The lowest BCUT2D eigenvalue weighted by Gasteiger charge is -2.30. The summed E-state index contributed by atoms with van der Waals surface area (Å²) in [6.07, 6.45) is 5.36. The molecule has 0 N–H and O–H groups in total. The summed E-state index contributed by atoms with van der Waals surface area (Å²) >= 11 is 4.37. The molecule has 20 heavy (non-hydrogen) atoms.